The molecule has 0 aromatic heterocycles. The van der Waals surface area contributed by atoms with Crippen molar-refractivity contribution in [2.45, 2.75) is 25.8 Å². The molecule has 1 unspecified atom stereocenters. The van der Waals surface area contributed by atoms with Crippen LogP contribution < -0.4 is 10.1 Å². The number of benzene rings is 2. The van der Waals surface area contributed by atoms with E-state index < -0.39 is 0 Å². The van der Waals surface area contributed by atoms with Gasteiger partial charge in [-0.3, -0.25) is 0 Å². The number of hydrogen-bond donors (Lipinski definition) is 1. The molecular formula is C18H22BrNO. The highest BCUT2D eigenvalue weighted by Crippen LogP contribution is 2.28. The lowest BCUT2D eigenvalue weighted by Crippen LogP contribution is -2.18. The summed E-state index contributed by atoms with van der Waals surface area (Å²) in [5.74, 6) is 0.868. The first kappa shape index (κ1) is 16.1. The zero-order valence-corrected chi connectivity index (χ0v) is 14.4. The van der Waals surface area contributed by atoms with Crippen molar-refractivity contribution < 1.29 is 4.74 Å². The van der Waals surface area contributed by atoms with Crippen LogP contribution in [0, 0.1) is 0 Å². The van der Waals surface area contributed by atoms with Gasteiger partial charge in [-0.2, -0.15) is 0 Å². The van der Waals surface area contributed by atoms with Crippen molar-refractivity contribution in [3.8, 4) is 5.75 Å². The summed E-state index contributed by atoms with van der Waals surface area (Å²) in [6.07, 6.45) is 2.03. The van der Waals surface area contributed by atoms with Gasteiger partial charge in [0.25, 0.3) is 0 Å². The summed E-state index contributed by atoms with van der Waals surface area (Å²) in [5, 5.41) is 3.41. The first-order chi connectivity index (χ1) is 10.2. The molecule has 0 bridgehead atoms. The number of ether oxygens (including phenoxy) is 1. The smallest absolute Gasteiger partial charge is 0.133 e. The Hall–Kier alpha value is -1.32. The molecule has 0 saturated carbocycles. The van der Waals surface area contributed by atoms with Gasteiger partial charge in [-0.05, 0) is 64.6 Å². The topological polar surface area (TPSA) is 21.3 Å². The van der Waals surface area contributed by atoms with E-state index in [1.165, 1.54) is 16.7 Å². The Morgan fingerprint density at radius 1 is 1.10 bits per heavy atom. The molecule has 2 aromatic carbocycles. The molecule has 0 heterocycles. The molecular weight excluding hydrogens is 326 g/mol. The van der Waals surface area contributed by atoms with Crippen molar-refractivity contribution >= 4 is 15.9 Å². The summed E-state index contributed by atoms with van der Waals surface area (Å²) < 4.78 is 6.28. The van der Waals surface area contributed by atoms with Crippen LogP contribution in [-0.4, -0.2) is 14.2 Å². The summed E-state index contributed by atoms with van der Waals surface area (Å²) in [7, 11) is 3.70. The monoisotopic (exact) mass is 347 g/mol. The number of methoxy groups -OCH3 is 1. The van der Waals surface area contributed by atoms with Crippen molar-refractivity contribution in [1.82, 2.24) is 5.32 Å². The van der Waals surface area contributed by atoms with E-state index in [4.69, 9.17) is 4.74 Å². The molecule has 0 fully saturated rings. The molecule has 0 aliphatic heterocycles. The van der Waals surface area contributed by atoms with Crippen LogP contribution >= 0.6 is 15.9 Å². The minimum atomic E-state index is 0.316. The van der Waals surface area contributed by atoms with Crippen molar-refractivity contribution in [2.75, 3.05) is 14.2 Å². The number of likely N-dealkylation sites (N-methyl/N-ethyl adjacent to an activating group) is 1. The van der Waals surface area contributed by atoms with Crippen LogP contribution in [0.4, 0.5) is 0 Å². The Morgan fingerprint density at radius 3 is 2.29 bits per heavy atom. The van der Waals surface area contributed by atoms with Gasteiger partial charge >= 0.3 is 0 Å². The van der Waals surface area contributed by atoms with Crippen LogP contribution in [0.2, 0.25) is 0 Å². The molecule has 2 rings (SSSR count). The third-order valence-corrected chi connectivity index (χ3v) is 4.41. The zero-order chi connectivity index (χ0) is 15.2. The van der Waals surface area contributed by atoms with Crippen LogP contribution in [0.25, 0.3) is 0 Å². The van der Waals surface area contributed by atoms with Crippen LogP contribution in [0.1, 0.15) is 29.7 Å². The molecule has 2 nitrogen and oxygen atoms in total. The highest BCUT2D eigenvalue weighted by atomic mass is 79.9. The molecule has 21 heavy (non-hydrogen) atoms. The first-order valence-electron chi connectivity index (χ1n) is 7.26. The quantitative estimate of drug-likeness (QED) is 0.829. The number of nitrogens with one attached hydrogen (secondary N) is 1. The van der Waals surface area contributed by atoms with E-state index in [9.17, 15) is 0 Å². The molecule has 112 valence electrons. The lowest BCUT2D eigenvalue weighted by atomic mass is 9.97. The molecule has 3 heteroatoms. The van der Waals surface area contributed by atoms with E-state index in [0.29, 0.717) is 6.04 Å². The highest BCUT2D eigenvalue weighted by Gasteiger charge is 2.11. The predicted octanol–water partition coefficient (Wildman–Crippen LogP) is 4.52. The Labute approximate surface area is 135 Å². The van der Waals surface area contributed by atoms with E-state index in [-0.39, 0.29) is 0 Å². The fourth-order valence-corrected chi connectivity index (χ4v) is 3.03. The summed E-state index contributed by atoms with van der Waals surface area (Å²) in [6, 6.07) is 15.4. The van der Waals surface area contributed by atoms with E-state index >= 15 is 0 Å². The van der Waals surface area contributed by atoms with Gasteiger partial charge in [-0.25, -0.2) is 0 Å². The maximum atomic E-state index is 5.28. The predicted molar refractivity (Wildman–Crippen MR) is 92.0 cm³/mol. The summed E-state index contributed by atoms with van der Waals surface area (Å²) >= 11 is 3.55. The third-order valence-electron chi connectivity index (χ3n) is 3.79. The number of aryl methyl sites for hydroxylation is 1. The van der Waals surface area contributed by atoms with Gasteiger partial charge in [-0.15, -0.1) is 0 Å². The molecule has 0 radical (unpaired) electrons. The molecule has 1 atom stereocenters. The molecule has 0 amide bonds. The lowest BCUT2D eigenvalue weighted by molar-refractivity contribution is 0.412. The second-order valence-electron chi connectivity index (χ2n) is 5.11. The number of rotatable bonds is 6. The fourth-order valence-electron chi connectivity index (χ4n) is 2.44. The average Bonchev–Trinajstić information content (AvgIpc) is 2.53. The lowest BCUT2D eigenvalue weighted by Gasteiger charge is -2.18. The van der Waals surface area contributed by atoms with Gasteiger partial charge in [0.2, 0.25) is 0 Å². The Balaban J connectivity index is 2.16. The normalized spacial score (nSPS) is 12.2. The van der Waals surface area contributed by atoms with E-state index in [2.05, 4.69) is 64.6 Å². The second kappa shape index (κ2) is 7.62. The highest BCUT2D eigenvalue weighted by molar-refractivity contribution is 9.10. The average molecular weight is 348 g/mol. The Bertz CT molecular complexity index is 580. The molecule has 0 aliphatic carbocycles. The van der Waals surface area contributed by atoms with E-state index in [1.54, 1.807) is 7.11 Å². The van der Waals surface area contributed by atoms with Gasteiger partial charge in [0, 0.05) is 6.04 Å². The van der Waals surface area contributed by atoms with Crippen LogP contribution in [-0.2, 0) is 12.8 Å². The minimum absolute atomic E-state index is 0.316. The SMILES string of the molecule is CCc1ccc(C(Cc2ccc(OC)c(Br)c2)NC)cc1. The van der Waals surface area contributed by atoms with Crippen LogP contribution in [0.5, 0.6) is 5.75 Å². The zero-order valence-electron chi connectivity index (χ0n) is 12.8. The van der Waals surface area contributed by atoms with Crippen molar-refractivity contribution in [3.63, 3.8) is 0 Å². The van der Waals surface area contributed by atoms with Crippen LogP contribution in [0.3, 0.4) is 0 Å². The number of halogens is 1. The largest absolute Gasteiger partial charge is 0.496 e. The molecule has 0 spiro atoms. The van der Waals surface area contributed by atoms with Gasteiger partial charge in [0.15, 0.2) is 0 Å². The molecule has 2 aromatic rings. The van der Waals surface area contributed by atoms with Gasteiger partial charge in [0.1, 0.15) is 5.75 Å². The van der Waals surface area contributed by atoms with Gasteiger partial charge in [-0.1, -0.05) is 37.3 Å². The Kier molecular flexibility index (Phi) is 5.83. The molecule has 0 aliphatic rings. The Morgan fingerprint density at radius 2 is 1.76 bits per heavy atom. The number of hydrogen-bond acceptors (Lipinski definition) is 2. The maximum absolute atomic E-state index is 5.28. The second-order valence-corrected chi connectivity index (χ2v) is 5.96. The summed E-state index contributed by atoms with van der Waals surface area (Å²) in [4.78, 5) is 0. The van der Waals surface area contributed by atoms with Crippen molar-refractivity contribution in [1.29, 1.82) is 0 Å². The van der Waals surface area contributed by atoms with Crippen LogP contribution in [0.15, 0.2) is 46.9 Å². The summed E-state index contributed by atoms with van der Waals surface area (Å²) in [5.41, 5.74) is 3.98. The maximum Gasteiger partial charge on any atom is 0.133 e. The van der Waals surface area contributed by atoms with E-state index in [0.717, 1.165) is 23.1 Å². The molecule has 1 N–H and O–H groups in total. The van der Waals surface area contributed by atoms with Gasteiger partial charge in [0.05, 0.1) is 11.6 Å². The fraction of sp³-hybridized carbons (Fsp3) is 0.333. The van der Waals surface area contributed by atoms with Crippen molar-refractivity contribution in [3.05, 3.63) is 63.6 Å². The van der Waals surface area contributed by atoms with Gasteiger partial charge < -0.3 is 10.1 Å². The summed E-state index contributed by atoms with van der Waals surface area (Å²) in [6.45, 7) is 2.18. The third kappa shape index (κ3) is 4.08. The first-order valence-corrected chi connectivity index (χ1v) is 8.05. The standard InChI is InChI=1S/C18H22BrNO/c1-4-13-5-8-15(9-6-13)17(20-2)12-14-7-10-18(21-3)16(19)11-14/h5-11,17,20H,4,12H2,1-3H3. The van der Waals surface area contributed by atoms with E-state index in [1.807, 2.05) is 13.1 Å². The van der Waals surface area contributed by atoms with Crippen molar-refractivity contribution in [2.24, 2.45) is 0 Å². The minimum Gasteiger partial charge on any atom is -0.496 e. The molecule has 0 saturated heterocycles.